The second-order valence-corrected chi connectivity index (χ2v) is 5.13. The quantitative estimate of drug-likeness (QED) is 0.924. The molecule has 1 amide bonds. The molecule has 4 nitrogen and oxygen atoms in total. The fourth-order valence-electron chi connectivity index (χ4n) is 2.63. The molecule has 2 heterocycles. The maximum Gasteiger partial charge on any atom is 0.257 e. The van der Waals surface area contributed by atoms with Crippen LogP contribution in [0.2, 0.25) is 0 Å². The van der Waals surface area contributed by atoms with E-state index in [1.54, 1.807) is 23.4 Å². The smallest absolute Gasteiger partial charge is 0.257 e. The van der Waals surface area contributed by atoms with E-state index >= 15 is 0 Å². The molecule has 1 saturated heterocycles. The van der Waals surface area contributed by atoms with Crippen molar-refractivity contribution in [1.82, 2.24) is 15.2 Å². The molecule has 1 N–H and O–H groups in total. The summed E-state index contributed by atoms with van der Waals surface area (Å²) in [4.78, 5) is 18.2. The normalized spacial score (nSPS) is 18.3. The molecule has 6 heteroatoms. The van der Waals surface area contributed by atoms with Gasteiger partial charge in [-0.25, -0.2) is 8.78 Å². The first-order chi connectivity index (χ1) is 10.7. The second kappa shape index (κ2) is 6.19. The van der Waals surface area contributed by atoms with Crippen LogP contribution in [0.4, 0.5) is 8.78 Å². The molecule has 0 bridgehead atoms. The highest BCUT2D eigenvalue weighted by Crippen LogP contribution is 2.24. The highest BCUT2D eigenvalue weighted by molar-refractivity contribution is 5.94. The van der Waals surface area contributed by atoms with Crippen LogP contribution in [-0.4, -0.2) is 35.4 Å². The number of hydrogen-bond donors (Lipinski definition) is 1. The Balaban J connectivity index is 1.93. The minimum Gasteiger partial charge on any atom is -0.329 e. The fraction of sp³-hybridized carbons (Fsp3) is 0.250. The number of nitrogens with zero attached hydrogens (tertiary/aromatic N) is 2. The van der Waals surface area contributed by atoms with Crippen molar-refractivity contribution in [3.8, 4) is 0 Å². The van der Waals surface area contributed by atoms with Gasteiger partial charge in [0.2, 0.25) is 0 Å². The number of nitrogens with one attached hydrogen (secondary N) is 1. The summed E-state index contributed by atoms with van der Waals surface area (Å²) in [6.45, 7) is 1.59. The first kappa shape index (κ1) is 14.6. The molecule has 1 aliphatic rings. The zero-order valence-corrected chi connectivity index (χ0v) is 11.8. The van der Waals surface area contributed by atoms with Gasteiger partial charge in [0, 0.05) is 32.0 Å². The molecule has 0 saturated carbocycles. The van der Waals surface area contributed by atoms with Gasteiger partial charge in [-0.3, -0.25) is 9.78 Å². The molecule has 0 aliphatic carbocycles. The lowest BCUT2D eigenvalue weighted by atomic mass is 10.0. The summed E-state index contributed by atoms with van der Waals surface area (Å²) in [6.07, 6.45) is 3.33. The van der Waals surface area contributed by atoms with Crippen molar-refractivity contribution in [1.29, 1.82) is 0 Å². The van der Waals surface area contributed by atoms with Crippen LogP contribution in [0.5, 0.6) is 0 Å². The van der Waals surface area contributed by atoms with E-state index in [2.05, 4.69) is 10.3 Å². The molecular formula is C16H15F2N3O. The van der Waals surface area contributed by atoms with Crippen molar-refractivity contribution < 1.29 is 13.6 Å². The van der Waals surface area contributed by atoms with Gasteiger partial charge in [-0.1, -0.05) is 6.07 Å². The van der Waals surface area contributed by atoms with Crippen LogP contribution in [0.3, 0.4) is 0 Å². The lowest BCUT2D eigenvalue weighted by molar-refractivity contribution is 0.0628. The van der Waals surface area contributed by atoms with Crippen LogP contribution in [0.25, 0.3) is 0 Å². The number of carbonyl (C=O) groups excluding carboxylic acids is 1. The summed E-state index contributed by atoms with van der Waals surface area (Å²) in [5.41, 5.74) is 0.621. The summed E-state index contributed by atoms with van der Waals surface area (Å²) >= 11 is 0. The van der Waals surface area contributed by atoms with E-state index in [-0.39, 0.29) is 11.6 Å². The predicted octanol–water partition coefficient (Wildman–Crippen LogP) is 2.15. The van der Waals surface area contributed by atoms with Crippen molar-refractivity contribution in [3.05, 3.63) is 65.5 Å². The van der Waals surface area contributed by atoms with Crippen LogP contribution in [-0.2, 0) is 0 Å². The number of halogens is 2. The zero-order valence-electron chi connectivity index (χ0n) is 11.8. The molecule has 1 unspecified atom stereocenters. The summed E-state index contributed by atoms with van der Waals surface area (Å²) in [7, 11) is 0. The van der Waals surface area contributed by atoms with Crippen LogP contribution in [0.1, 0.15) is 22.0 Å². The van der Waals surface area contributed by atoms with Gasteiger partial charge in [-0.15, -0.1) is 0 Å². The molecule has 3 rings (SSSR count). The van der Waals surface area contributed by atoms with Crippen molar-refractivity contribution in [2.24, 2.45) is 0 Å². The summed E-state index contributed by atoms with van der Waals surface area (Å²) in [5, 5.41) is 3.21. The third kappa shape index (κ3) is 2.82. The van der Waals surface area contributed by atoms with Gasteiger partial charge < -0.3 is 10.2 Å². The number of pyridine rings is 1. The molecule has 0 radical (unpaired) electrons. The van der Waals surface area contributed by atoms with Crippen molar-refractivity contribution in [3.63, 3.8) is 0 Å². The summed E-state index contributed by atoms with van der Waals surface area (Å²) in [6, 6.07) is 6.33. The third-order valence-electron chi connectivity index (χ3n) is 3.73. The fourth-order valence-corrected chi connectivity index (χ4v) is 2.63. The topological polar surface area (TPSA) is 45.2 Å². The molecule has 22 heavy (non-hydrogen) atoms. The highest BCUT2D eigenvalue weighted by atomic mass is 19.1. The number of aromatic nitrogens is 1. The molecule has 0 spiro atoms. The first-order valence-electron chi connectivity index (χ1n) is 7.03. The Kier molecular flexibility index (Phi) is 4.11. The van der Waals surface area contributed by atoms with Gasteiger partial charge in [-0.05, 0) is 29.8 Å². The van der Waals surface area contributed by atoms with E-state index in [1.807, 2.05) is 6.07 Å². The van der Waals surface area contributed by atoms with Crippen LogP contribution in [0, 0.1) is 11.6 Å². The Bertz CT molecular complexity index is 678. The van der Waals surface area contributed by atoms with Gasteiger partial charge in [0.25, 0.3) is 5.91 Å². The van der Waals surface area contributed by atoms with Crippen molar-refractivity contribution in [2.75, 3.05) is 19.6 Å². The largest absolute Gasteiger partial charge is 0.329 e. The average molecular weight is 303 g/mol. The zero-order chi connectivity index (χ0) is 15.5. The SMILES string of the molecule is O=C(c1cc(F)ccc1F)N1CCNCC1c1cccnc1. The van der Waals surface area contributed by atoms with E-state index in [9.17, 15) is 13.6 Å². The highest BCUT2D eigenvalue weighted by Gasteiger charge is 2.30. The Labute approximate surface area is 126 Å². The number of hydrogen-bond acceptors (Lipinski definition) is 3. The Hall–Kier alpha value is -2.34. The number of amides is 1. The first-order valence-corrected chi connectivity index (χ1v) is 7.03. The predicted molar refractivity (Wildman–Crippen MR) is 77.2 cm³/mol. The monoisotopic (exact) mass is 303 g/mol. The van der Waals surface area contributed by atoms with E-state index in [1.165, 1.54) is 0 Å². The van der Waals surface area contributed by atoms with Gasteiger partial charge in [0.1, 0.15) is 11.6 Å². The van der Waals surface area contributed by atoms with Gasteiger partial charge in [-0.2, -0.15) is 0 Å². The minimum atomic E-state index is -0.713. The standard InChI is InChI=1S/C16H15F2N3O/c17-12-3-4-14(18)13(8-12)16(22)21-7-6-20-10-15(21)11-2-1-5-19-9-11/h1-5,8-9,15,20H,6-7,10H2. The second-order valence-electron chi connectivity index (χ2n) is 5.13. The molecule has 1 atom stereocenters. The van der Waals surface area contributed by atoms with Crippen LogP contribution >= 0.6 is 0 Å². The summed E-state index contributed by atoms with van der Waals surface area (Å²) < 4.78 is 27.2. The lowest BCUT2D eigenvalue weighted by Crippen LogP contribution is -2.48. The maximum atomic E-state index is 13.9. The number of carbonyl (C=O) groups is 1. The van der Waals surface area contributed by atoms with E-state index < -0.39 is 17.5 Å². The Morgan fingerprint density at radius 2 is 2.18 bits per heavy atom. The number of rotatable bonds is 2. The van der Waals surface area contributed by atoms with Crippen molar-refractivity contribution >= 4 is 5.91 Å². The van der Waals surface area contributed by atoms with E-state index in [0.29, 0.717) is 19.6 Å². The Morgan fingerprint density at radius 1 is 1.32 bits per heavy atom. The van der Waals surface area contributed by atoms with Crippen LogP contribution in [0.15, 0.2) is 42.7 Å². The molecular weight excluding hydrogens is 288 g/mol. The summed E-state index contributed by atoms with van der Waals surface area (Å²) in [5.74, 6) is -1.85. The lowest BCUT2D eigenvalue weighted by Gasteiger charge is -2.36. The molecule has 114 valence electrons. The average Bonchev–Trinajstić information content (AvgIpc) is 2.57. The van der Waals surface area contributed by atoms with Crippen molar-refractivity contribution in [2.45, 2.75) is 6.04 Å². The molecule has 1 aliphatic heterocycles. The number of benzene rings is 1. The maximum absolute atomic E-state index is 13.9. The van der Waals surface area contributed by atoms with Gasteiger partial charge in [0.15, 0.2) is 0 Å². The molecule has 1 aromatic carbocycles. The van der Waals surface area contributed by atoms with E-state index in [4.69, 9.17) is 0 Å². The van der Waals surface area contributed by atoms with Gasteiger partial charge in [0.05, 0.1) is 11.6 Å². The molecule has 1 fully saturated rings. The van der Waals surface area contributed by atoms with Crippen LogP contribution < -0.4 is 5.32 Å². The third-order valence-corrected chi connectivity index (χ3v) is 3.73. The molecule has 2 aromatic rings. The number of piperazine rings is 1. The van der Waals surface area contributed by atoms with E-state index in [0.717, 1.165) is 23.8 Å². The minimum absolute atomic E-state index is 0.240. The van der Waals surface area contributed by atoms with Gasteiger partial charge >= 0.3 is 0 Å². The molecule has 1 aromatic heterocycles. The Morgan fingerprint density at radius 3 is 2.95 bits per heavy atom.